The normalized spacial score (nSPS) is 10.8. The Balaban J connectivity index is 1.77. The van der Waals surface area contributed by atoms with E-state index in [9.17, 15) is 9.18 Å². The van der Waals surface area contributed by atoms with E-state index in [0.29, 0.717) is 37.0 Å². The fourth-order valence-corrected chi connectivity index (χ4v) is 3.38. The summed E-state index contributed by atoms with van der Waals surface area (Å²) in [5.41, 5.74) is 2.49. The first-order valence-electron chi connectivity index (χ1n) is 10.0. The Morgan fingerprint density at radius 2 is 1.93 bits per heavy atom. The largest absolute Gasteiger partial charge is 0.495 e. The zero-order valence-corrected chi connectivity index (χ0v) is 17.6. The molecule has 5 nitrogen and oxygen atoms in total. The number of hydrogen-bond acceptors (Lipinski definition) is 2. The summed E-state index contributed by atoms with van der Waals surface area (Å²) in [5.74, 6) is 0.670. The van der Waals surface area contributed by atoms with Crippen molar-refractivity contribution in [2.75, 3.05) is 19.0 Å². The second kappa shape index (κ2) is 9.96. The van der Waals surface area contributed by atoms with Crippen LogP contribution in [0.25, 0.3) is 0 Å². The van der Waals surface area contributed by atoms with Gasteiger partial charge in [0.1, 0.15) is 11.6 Å². The van der Waals surface area contributed by atoms with E-state index in [1.165, 1.54) is 12.1 Å². The molecule has 1 heterocycles. The van der Waals surface area contributed by atoms with Crippen molar-refractivity contribution < 1.29 is 13.9 Å². The Morgan fingerprint density at radius 3 is 2.67 bits per heavy atom. The van der Waals surface area contributed by atoms with Crippen LogP contribution < -0.4 is 10.1 Å². The fourth-order valence-electron chi connectivity index (χ4n) is 3.38. The lowest BCUT2D eigenvalue weighted by atomic mass is 10.2. The van der Waals surface area contributed by atoms with Gasteiger partial charge in [0.2, 0.25) is 0 Å². The number of amides is 2. The van der Waals surface area contributed by atoms with Crippen LogP contribution in [0.1, 0.15) is 25.1 Å². The number of halogens is 1. The molecule has 0 spiro atoms. The summed E-state index contributed by atoms with van der Waals surface area (Å²) in [6.45, 7) is 5.75. The van der Waals surface area contributed by atoms with Crippen LogP contribution in [0.5, 0.6) is 5.75 Å². The minimum atomic E-state index is -0.251. The van der Waals surface area contributed by atoms with Crippen LogP contribution in [0, 0.1) is 11.7 Å². The molecule has 0 radical (unpaired) electrons. The summed E-state index contributed by atoms with van der Waals surface area (Å²) in [4.78, 5) is 14.8. The summed E-state index contributed by atoms with van der Waals surface area (Å²) in [6, 6.07) is 17.7. The van der Waals surface area contributed by atoms with E-state index in [4.69, 9.17) is 4.74 Å². The minimum Gasteiger partial charge on any atom is -0.495 e. The molecule has 0 aliphatic rings. The summed E-state index contributed by atoms with van der Waals surface area (Å²) in [6.07, 6.45) is 1.95. The number of carbonyl (C=O) groups excluding carboxylic acids is 1. The minimum absolute atomic E-state index is 0.188. The van der Waals surface area contributed by atoms with Gasteiger partial charge >= 0.3 is 6.03 Å². The van der Waals surface area contributed by atoms with Gasteiger partial charge in [-0.25, -0.2) is 9.18 Å². The van der Waals surface area contributed by atoms with Gasteiger partial charge < -0.3 is 19.5 Å². The summed E-state index contributed by atoms with van der Waals surface area (Å²) in [7, 11) is 1.58. The predicted molar refractivity (Wildman–Crippen MR) is 117 cm³/mol. The van der Waals surface area contributed by atoms with Gasteiger partial charge in [0.05, 0.1) is 19.3 Å². The second-order valence-electron chi connectivity index (χ2n) is 7.66. The van der Waals surface area contributed by atoms with E-state index in [0.717, 1.165) is 11.3 Å². The van der Waals surface area contributed by atoms with Gasteiger partial charge in [-0.15, -0.1) is 0 Å². The number of carbonyl (C=O) groups is 1. The lowest BCUT2D eigenvalue weighted by Crippen LogP contribution is -2.37. The third-order valence-electron chi connectivity index (χ3n) is 4.74. The van der Waals surface area contributed by atoms with E-state index in [2.05, 4.69) is 19.2 Å². The Hall–Kier alpha value is -3.28. The number of benzene rings is 2. The fraction of sp³-hybridized carbons (Fsp3) is 0.292. The van der Waals surface area contributed by atoms with Crippen molar-refractivity contribution in [3.05, 3.63) is 83.9 Å². The number of methoxy groups -OCH3 is 1. The number of anilines is 1. The third kappa shape index (κ3) is 5.63. The number of nitrogens with zero attached hydrogens (tertiary/aromatic N) is 2. The molecule has 6 heteroatoms. The number of hydrogen-bond donors (Lipinski definition) is 1. The molecule has 158 valence electrons. The van der Waals surface area contributed by atoms with Gasteiger partial charge in [-0.3, -0.25) is 0 Å². The second-order valence-corrected chi connectivity index (χ2v) is 7.66. The van der Waals surface area contributed by atoms with Crippen molar-refractivity contribution >= 4 is 11.7 Å². The first-order chi connectivity index (χ1) is 14.5. The number of aromatic nitrogens is 1. The first kappa shape index (κ1) is 21.4. The van der Waals surface area contributed by atoms with Crippen LogP contribution in [-0.4, -0.2) is 29.2 Å². The molecule has 3 aromatic rings. The summed E-state index contributed by atoms with van der Waals surface area (Å²) >= 11 is 0. The monoisotopic (exact) mass is 409 g/mol. The highest BCUT2D eigenvalue weighted by Crippen LogP contribution is 2.24. The van der Waals surface area contributed by atoms with Gasteiger partial charge in [0.25, 0.3) is 0 Å². The molecule has 1 N–H and O–H groups in total. The lowest BCUT2D eigenvalue weighted by Gasteiger charge is -2.26. The summed E-state index contributed by atoms with van der Waals surface area (Å²) in [5, 5.41) is 2.96. The van der Waals surface area contributed by atoms with Crippen LogP contribution in [0.15, 0.2) is 66.9 Å². The first-order valence-corrected chi connectivity index (χ1v) is 10.0. The molecule has 2 amide bonds. The van der Waals surface area contributed by atoms with E-state index in [1.54, 1.807) is 18.1 Å². The highest BCUT2D eigenvalue weighted by molar-refractivity contribution is 5.91. The van der Waals surface area contributed by atoms with Crippen molar-refractivity contribution in [1.29, 1.82) is 0 Å². The van der Waals surface area contributed by atoms with Crippen molar-refractivity contribution in [2.24, 2.45) is 5.92 Å². The van der Waals surface area contributed by atoms with Gasteiger partial charge in [0.15, 0.2) is 0 Å². The number of nitrogens with one attached hydrogen (secondary N) is 1. The maximum Gasteiger partial charge on any atom is 0.322 e. The SMILES string of the molecule is COc1ccccc1NC(=O)N(Cc1cccn1Cc1cccc(F)c1)CC(C)C. The topological polar surface area (TPSA) is 46.5 Å². The maximum atomic E-state index is 13.5. The van der Waals surface area contributed by atoms with E-state index in [1.807, 2.05) is 53.2 Å². The molecular formula is C24H28FN3O2. The Morgan fingerprint density at radius 1 is 1.13 bits per heavy atom. The van der Waals surface area contributed by atoms with Crippen molar-refractivity contribution in [2.45, 2.75) is 26.9 Å². The number of rotatable bonds is 8. The maximum absolute atomic E-state index is 13.5. The van der Waals surface area contributed by atoms with Crippen LogP contribution in [0.3, 0.4) is 0 Å². The molecule has 0 bridgehead atoms. The molecule has 0 aliphatic heterocycles. The van der Waals surface area contributed by atoms with Crippen molar-refractivity contribution in [1.82, 2.24) is 9.47 Å². The van der Waals surface area contributed by atoms with Gasteiger partial charge in [-0.05, 0) is 47.9 Å². The third-order valence-corrected chi connectivity index (χ3v) is 4.74. The molecule has 30 heavy (non-hydrogen) atoms. The van der Waals surface area contributed by atoms with Crippen LogP contribution in [0.2, 0.25) is 0 Å². The van der Waals surface area contributed by atoms with Gasteiger partial charge in [-0.1, -0.05) is 38.1 Å². The number of ether oxygens (including phenoxy) is 1. The zero-order chi connectivity index (χ0) is 21.5. The lowest BCUT2D eigenvalue weighted by molar-refractivity contribution is 0.200. The number of para-hydroxylation sites is 2. The van der Waals surface area contributed by atoms with Gasteiger partial charge in [0, 0.05) is 25.0 Å². The molecular weight excluding hydrogens is 381 g/mol. The van der Waals surface area contributed by atoms with Crippen LogP contribution in [-0.2, 0) is 13.1 Å². The predicted octanol–water partition coefficient (Wildman–Crippen LogP) is 5.37. The molecule has 0 atom stereocenters. The molecule has 1 aromatic heterocycles. The molecule has 2 aromatic carbocycles. The Kier molecular flexibility index (Phi) is 7.12. The van der Waals surface area contributed by atoms with E-state index >= 15 is 0 Å². The Labute approximate surface area is 177 Å². The molecule has 0 saturated heterocycles. The molecule has 0 fully saturated rings. The number of urea groups is 1. The zero-order valence-electron chi connectivity index (χ0n) is 17.6. The van der Waals surface area contributed by atoms with Crippen LogP contribution >= 0.6 is 0 Å². The average molecular weight is 410 g/mol. The van der Waals surface area contributed by atoms with Crippen molar-refractivity contribution in [3.8, 4) is 5.75 Å². The summed E-state index contributed by atoms with van der Waals surface area (Å²) < 4.78 is 20.9. The van der Waals surface area contributed by atoms with Crippen molar-refractivity contribution in [3.63, 3.8) is 0 Å². The van der Waals surface area contributed by atoms with Crippen LogP contribution in [0.4, 0.5) is 14.9 Å². The average Bonchev–Trinajstić information content (AvgIpc) is 3.14. The highest BCUT2D eigenvalue weighted by atomic mass is 19.1. The smallest absolute Gasteiger partial charge is 0.322 e. The van der Waals surface area contributed by atoms with E-state index < -0.39 is 0 Å². The molecule has 0 unspecified atom stereocenters. The quantitative estimate of drug-likeness (QED) is 0.543. The Bertz CT molecular complexity index is 984. The van der Waals surface area contributed by atoms with E-state index in [-0.39, 0.29) is 11.8 Å². The highest BCUT2D eigenvalue weighted by Gasteiger charge is 2.18. The van der Waals surface area contributed by atoms with Gasteiger partial charge in [-0.2, -0.15) is 0 Å². The standard InChI is InChI=1S/C24H28FN3O2/c1-18(2)15-28(24(29)26-22-11-4-5-12-23(22)30-3)17-21-10-7-13-27(21)16-19-8-6-9-20(25)14-19/h4-14,18H,15-17H2,1-3H3,(H,26,29). The molecule has 0 aliphatic carbocycles. The molecule has 0 saturated carbocycles. The molecule has 3 rings (SSSR count).